The molecule has 1 heterocycles. The van der Waals surface area contributed by atoms with Gasteiger partial charge in [-0.1, -0.05) is 18.2 Å². The third kappa shape index (κ3) is 4.74. The minimum atomic E-state index is -3.65. The summed E-state index contributed by atoms with van der Waals surface area (Å²) in [7, 11) is -3.65. The Labute approximate surface area is 125 Å². The molecule has 5 nitrogen and oxygen atoms in total. The third-order valence-electron chi connectivity index (χ3n) is 4.03. The number of likely N-dealkylation sites (tertiary alicyclic amines) is 1. The molecule has 0 aromatic heterocycles. The van der Waals surface area contributed by atoms with Gasteiger partial charge in [0.05, 0.1) is 0 Å². The van der Waals surface area contributed by atoms with E-state index >= 15 is 0 Å². The molecule has 2 rings (SSSR count). The summed E-state index contributed by atoms with van der Waals surface area (Å²) in [5.41, 5.74) is 0.678. The number of nitrogens with zero attached hydrogens (tertiary/aromatic N) is 1. The molecule has 1 aromatic rings. The molecule has 1 aliphatic rings. The summed E-state index contributed by atoms with van der Waals surface area (Å²) in [5.74, 6) is 0.00100. The highest BCUT2D eigenvalue weighted by Crippen LogP contribution is 2.27. The second-order valence-corrected chi connectivity index (χ2v) is 6.97. The van der Waals surface area contributed by atoms with E-state index in [2.05, 4.69) is 9.62 Å². The topological polar surface area (TPSA) is 75.4 Å². The summed E-state index contributed by atoms with van der Waals surface area (Å²) in [6.07, 6.45) is 1.92. The zero-order chi connectivity index (χ0) is 15.5. The van der Waals surface area contributed by atoms with Crippen molar-refractivity contribution in [1.29, 1.82) is 0 Å². The predicted octanol–water partition coefficient (Wildman–Crippen LogP) is 1.39. The smallest absolute Gasteiger partial charge is 0.274 e. The minimum absolute atomic E-state index is 0.0246. The zero-order valence-corrected chi connectivity index (χ0v) is 12.9. The lowest BCUT2D eigenvalue weighted by Crippen LogP contribution is -2.43. The van der Waals surface area contributed by atoms with Crippen molar-refractivity contribution in [2.75, 3.05) is 19.6 Å². The number of benzene rings is 1. The predicted molar refractivity (Wildman–Crippen MR) is 80.2 cm³/mol. The van der Waals surface area contributed by atoms with Crippen molar-refractivity contribution in [3.63, 3.8) is 0 Å². The first-order valence-corrected chi connectivity index (χ1v) is 8.67. The maximum atomic E-state index is 13.9. The van der Waals surface area contributed by atoms with Crippen LogP contribution in [0.4, 0.5) is 4.39 Å². The Hall–Kier alpha value is -1.02. The van der Waals surface area contributed by atoms with Gasteiger partial charge in [-0.2, -0.15) is 8.42 Å². The first kappa shape index (κ1) is 16.4. The van der Waals surface area contributed by atoms with Gasteiger partial charge in [0.2, 0.25) is 0 Å². The molecule has 1 aliphatic heterocycles. The lowest BCUT2D eigenvalue weighted by Gasteiger charge is -2.37. The highest BCUT2D eigenvalue weighted by molar-refractivity contribution is 7.87. The minimum Gasteiger partial charge on any atom is -0.296 e. The Bertz CT molecular complexity index is 579. The first-order chi connectivity index (χ1) is 9.87. The fraction of sp³-hybridized carbons (Fsp3) is 0.571. The molecule has 0 spiro atoms. The van der Waals surface area contributed by atoms with Crippen molar-refractivity contribution in [3.05, 3.63) is 35.6 Å². The fourth-order valence-corrected chi connectivity index (χ4v) is 3.33. The lowest BCUT2D eigenvalue weighted by molar-refractivity contribution is 0.131. The molecule has 118 valence electrons. The van der Waals surface area contributed by atoms with Gasteiger partial charge >= 0.3 is 0 Å². The van der Waals surface area contributed by atoms with Gasteiger partial charge in [-0.05, 0) is 38.3 Å². The molecule has 0 bridgehead atoms. The molecular formula is C14H22FN3O2S. The number of nitrogens with one attached hydrogen (secondary N) is 1. The van der Waals surface area contributed by atoms with E-state index in [1.54, 1.807) is 12.1 Å². The molecule has 2 unspecified atom stereocenters. The van der Waals surface area contributed by atoms with Crippen LogP contribution in [0.1, 0.15) is 31.4 Å². The van der Waals surface area contributed by atoms with Crippen LogP contribution in [0.5, 0.6) is 0 Å². The SMILES string of the molecule is CC(c1ccccc1F)N1CCCC(CNS(N)(=O)=O)C1. The van der Waals surface area contributed by atoms with E-state index in [4.69, 9.17) is 5.14 Å². The van der Waals surface area contributed by atoms with Gasteiger partial charge < -0.3 is 0 Å². The maximum Gasteiger partial charge on any atom is 0.274 e. The molecule has 21 heavy (non-hydrogen) atoms. The van der Waals surface area contributed by atoms with Gasteiger partial charge in [-0.25, -0.2) is 14.3 Å². The maximum absolute atomic E-state index is 13.9. The van der Waals surface area contributed by atoms with Crippen LogP contribution in [0.15, 0.2) is 24.3 Å². The molecule has 1 aromatic carbocycles. The van der Waals surface area contributed by atoms with Crippen LogP contribution in [0.25, 0.3) is 0 Å². The molecule has 0 amide bonds. The second kappa shape index (κ2) is 6.83. The van der Waals surface area contributed by atoms with Crippen LogP contribution in [-0.2, 0) is 10.2 Å². The Morgan fingerprint density at radius 1 is 1.48 bits per heavy atom. The number of hydrogen-bond donors (Lipinski definition) is 2. The van der Waals surface area contributed by atoms with E-state index in [-0.39, 0.29) is 17.8 Å². The normalized spacial score (nSPS) is 22.1. The van der Waals surface area contributed by atoms with Crippen molar-refractivity contribution in [1.82, 2.24) is 9.62 Å². The first-order valence-electron chi connectivity index (χ1n) is 7.12. The molecule has 3 N–H and O–H groups in total. The summed E-state index contributed by atoms with van der Waals surface area (Å²) in [4.78, 5) is 2.19. The summed E-state index contributed by atoms with van der Waals surface area (Å²) < 4.78 is 38.1. The van der Waals surface area contributed by atoms with Crippen LogP contribution in [0.2, 0.25) is 0 Å². The van der Waals surface area contributed by atoms with E-state index in [1.165, 1.54) is 6.07 Å². The van der Waals surface area contributed by atoms with Crippen molar-refractivity contribution in [3.8, 4) is 0 Å². The Balaban J connectivity index is 1.99. The van der Waals surface area contributed by atoms with E-state index in [0.717, 1.165) is 25.9 Å². The highest BCUT2D eigenvalue weighted by Gasteiger charge is 2.26. The van der Waals surface area contributed by atoms with Gasteiger partial charge in [-0.15, -0.1) is 0 Å². The fourth-order valence-electron chi connectivity index (χ4n) is 2.86. The molecular weight excluding hydrogens is 293 g/mol. The third-order valence-corrected chi connectivity index (χ3v) is 4.60. The van der Waals surface area contributed by atoms with Crippen LogP contribution >= 0.6 is 0 Å². The molecule has 0 aliphatic carbocycles. The van der Waals surface area contributed by atoms with Gasteiger partial charge in [0.25, 0.3) is 10.2 Å². The van der Waals surface area contributed by atoms with Crippen molar-refractivity contribution in [2.45, 2.75) is 25.8 Å². The van der Waals surface area contributed by atoms with Crippen LogP contribution in [0, 0.1) is 11.7 Å². The van der Waals surface area contributed by atoms with Crippen molar-refractivity contribution >= 4 is 10.2 Å². The summed E-state index contributed by atoms with van der Waals surface area (Å²) >= 11 is 0. The second-order valence-electron chi connectivity index (χ2n) is 5.59. The van der Waals surface area contributed by atoms with E-state index < -0.39 is 10.2 Å². The average Bonchev–Trinajstić information content (AvgIpc) is 2.44. The highest BCUT2D eigenvalue weighted by atomic mass is 32.2. The van der Waals surface area contributed by atoms with E-state index in [1.807, 2.05) is 13.0 Å². The monoisotopic (exact) mass is 315 g/mol. The van der Waals surface area contributed by atoms with Crippen LogP contribution < -0.4 is 9.86 Å². The molecule has 0 saturated carbocycles. The van der Waals surface area contributed by atoms with E-state index in [9.17, 15) is 12.8 Å². The van der Waals surface area contributed by atoms with Crippen LogP contribution in [0.3, 0.4) is 0 Å². The molecule has 1 fully saturated rings. The average molecular weight is 315 g/mol. The Kier molecular flexibility index (Phi) is 5.32. The zero-order valence-electron chi connectivity index (χ0n) is 12.1. The largest absolute Gasteiger partial charge is 0.296 e. The van der Waals surface area contributed by atoms with Crippen molar-refractivity contribution in [2.24, 2.45) is 11.1 Å². The van der Waals surface area contributed by atoms with Crippen LogP contribution in [-0.4, -0.2) is 33.0 Å². The van der Waals surface area contributed by atoms with Gasteiger partial charge in [-0.3, -0.25) is 4.90 Å². The van der Waals surface area contributed by atoms with Gasteiger partial charge in [0, 0.05) is 24.7 Å². The van der Waals surface area contributed by atoms with E-state index in [0.29, 0.717) is 12.1 Å². The van der Waals surface area contributed by atoms with Crippen molar-refractivity contribution < 1.29 is 12.8 Å². The quantitative estimate of drug-likeness (QED) is 0.862. The molecule has 0 radical (unpaired) electrons. The Morgan fingerprint density at radius 3 is 2.86 bits per heavy atom. The number of hydrogen-bond acceptors (Lipinski definition) is 3. The van der Waals surface area contributed by atoms with Gasteiger partial charge in [0.1, 0.15) is 5.82 Å². The summed E-state index contributed by atoms with van der Waals surface area (Å²) in [6, 6.07) is 6.75. The summed E-state index contributed by atoms with van der Waals surface area (Å²) in [6.45, 7) is 3.94. The molecule has 1 saturated heterocycles. The number of halogens is 1. The number of piperidine rings is 1. The number of rotatable bonds is 5. The standard InChI is InChI=1S/C14H22FN3O2S/c1-11(13-6-2-3-7-14(13)15)18-8-4-5-12(10-18)9-17-21(16,19)20/h2-3,6-7,11-12,17H,4-5,8-10H2,1H3,(H2,16,19,20). The molecule has 2 atom stereocenters. The van der Waals surface area contributed by atoms with Gasteiger partial charge in [0.15, 0.2) is 0 Å². The lowest BCUT2D eigenvalue weighted by atomic mass is 9.95. The summed E-state index contributed by atoms with van der Waals surface area (Å²) in [5, 5.41) is 4.96. The molecule has 7 heteroatoms. The Morgan fingerprint density at radius 2 is 2.19 bits per heavy atom. The number of nitrogens with two attached hydrogens (primary N) is 1.